The van der Waals surface area contributed by atoms with Crippen LogP contribution in [-0.2, 0) is 4.65 Å². The van der Waals surface area contributed by atoms with Crippen LogP contribution in [0.5, 0.6) is 5.75 Å². The van der Waals surface area contributed by atoms with Crippen LogP contribution in [0.15, 0.2) is 66.7 Å². The van der Waals surface area contributed by atoms with E-state index in [-0.39, 0.29) is 0 Å². The molecule has 5 heteroatoms. The summed E-state index contributed by atoms with van der Waals surface area (Å²) >= 11 is 0. The monoisotopic (exact) mass is 401 g/mol. The van der Waals surface area contributed by atoms with Crippen LogP contribution >= 0.6 is 0 Å². The maximum absolute atomic E-state index is 10.4. The molecular formula is C25H28BNO3. The summed E-state index contributed by atoms with van der Waals surface area (Å²) in [6.45, 7) is 7.39. The Balaban J connectivity index is 1.79. The van der Waals surface area contributed by atoms with E-state index in [4.69, 9.17) is 9.39 Å². The van der Waals surface area contributed by atoms with Gasteiger partial charge in [-0.05, 0) is 64.1 Å². The van der Waals surface area contributed by atoms with Gasteiger partial charge in [0.2, 0.25) is 0 Å². The van der Waals surface area contributed by atoms with Gasteiger partial charge in [-0.3, -0.25) is 0 Å². The molecule has 0 atom stereocenters. The first-order valence-corrected chi connectivity index (χ1v) is 10.2. The van der Waals surface area contributed by atoms with Crippen molar-refractivity contribution in [2.24, 2.45) is 0 Å². The fourth-order valence-corrected chi connectivity index (χ4v) is 3.56. The predicted molar refractivity (Wildman–Crippen MR) is 126 cm³/mol. The van der Waals surface area contributed by atoms with Crippen LogP contribution in [-0.4, -0.2) is 35.5 Å². The number of ether oxygens (including phenoxy) is 1. The standard InChI is InChI=1S/C25H28BNO3/c1-24(2,28)25(3,4)30-26-17-10-15-23-21(16-17)20-8-6-7-9-22(20)27(23)18-11-13-19(29-5)14-12-18/h6-16,26,28H,1-5H3. The molecule has 1 heterocycles. The molecule has 1 N–H and O–H groups in total. The molecule has 0 saturated carbocycles. The molecule has 0 saturated heterocycles. The molecule has 0 aliphatic heterocycles. The molecule has 1 aromatic heterocycles. The Morgan fingerprint density at radius 1 is 0.833 bits per heavy atom. The van der Waals surface area contributed by atoms with Gasteiger partial charge in [0.1, 0.15) is 5.75 Å². The summed E-state index contributed by atoms with van der Waals surface area (Å²) in [4.78, 5) is 0. The molecule has 0 spiro atoms. The zero-order chi connectivity index (χ0) is 21.5. The molecule has 4 nitrogen and oxygen atoms in total. The summed E-state index contributed by atoms with van der Waals surface area (Å²) in [5.74, 6) is 0.841. The topological polar surface area (TPSA) is 43.6 Å². The van der Waals surface area contributed by atoms with Gasteiger partial charge in [0.15, 0.2) is 0 Å². The average molecular weight is 401 g/mol. The molecule has 4 aromatic rings. The maximum atomic E-state index is 10.4. The molecule has 0 aliphatic carbocycles. The maximum Gasteiger partial charge on any atom is 0.309 e. The Labute approximate surface area is 178 Å². The van der Waals surface area contributed by atoms with Gasteiger partial charge in [0, 0.05) is 16.5 Å². The highest BCUT2D eigenvalue weighted by atomic mass is 16.5. The number of hydrogen-bond donors (Lipinski definition) is 1. The average Bonchev–Trinajstić information content (AvgIpc) is 3.05. The lowest BCUT2D eigenvalue weighted by molar-refractivity contribution is -0.0893. The van der Waals surface area contributed by atoms with Gasteiger partial charge in [-0.1, -0.05) is 35.8 Å². The minimum atomic E-state index is -0.929. The third-order valence-electron chi connectivity index (χ3n) is 6.14. The zero-order valence-electron chi connectivity index (χ0n) is 18.3. The lowest BCUT2D eigenvalue weighted by Gasteiger charge is -2.37. The lowest BCUT2D eigenvalue weighted by Crippen LogP contribution is -2.49. The smallest absolute Gasteiger partial charge is 0.309 e. The van der Waals surface area contributed by atoms with Gasteiger partial charge in [-0.2, -0.15) is 0 Å². The van der Waals surface area contributed by atoms with Crippen molar-refractivity contribution in [3.05, 3.63) is 66.7 Å². The highest BCUT2D eigenvalue weighted by molar-refractivity contribution is 6.47. The second-order valence-corrected chi connectivity index (χ2v) is 8.76. The summed E-state index contributed by atoms with van der Waals surface area (Å²) in [5.41, 5.74) is 2.90. The van der Waals surface area contributed by atoms with Crippen molar-refractivity contribution in [1.29, 1.82) is 0 Å². The fraction of sp³-hybridized carbons (Fsp3) is 0.280. The first-order valence-electron chi connectivity index (χ1n) is 10.2. The second kappa shape index (κ2) is 7.49. The number of aromatic nitrogens is 1. The van der Waals surface area contributed by atoms with E-state index < -0.39 is 11.2 Å². The number of methoxy groups -OCH3 is 1. The number of aliphatic hydroxyl groups is 1. The van der Waals surface area contributed by atoms with Crippen LogP contribution in [0.1, 0.15) is 27.7 Å². The van der Waals surface area contributed by atoms with Crippen molar-refractivity contribution in [3.8, 4) is 11.4 Å². The van der Waals surface area contributed by atoms with E-state index in [1.54, 1.807) is 21.0 Å². The Morgan fingerprint density at radius 2 is 1.50 bits per heavy atom. The van der Waals surface area contributed by atoms with E-state index in [1.165, 1.54) is 10.8 Å². The van der Waals surface area contributed by atoms with Crippen LogP contribution < -0.4 is 10.2 Å². The highest BCUT2D eigenvalue weighted by Gasteiger charge is 2.35. The van der Waals surface area contributed by atoms with Crippen LogP contribution in [0.2, 0.25) is 0 Å². The Kier molecular flexibility index (Phi) is 5.12. The molecule has 0 bridgehead atoms. The van der Waals surface area contributed by atoms with Crippen molar-refractivity contribution in [2.75, 3.05) is 7.11 Å². The largest absolute Gasteiger partial charge is 0.497 e. The minimum absolute atomic E-state index is 0.439. The molecule has 0 unspecified atom stereocenters. The normalized spacial score (nSPS) is 12.5. The number of fused-ring (bicyclic) bond motifs is 3. The van der Waals surface area contributed by atoms with Gasteiger partial charge in [0.05, 0.1) is 29.3 Å². The quantitative estimate of drug-likeness (QED) is 0.489. The van der Waals surface area contributed by atoms with E-state index in [2.05, 4.69) is 59.2 Å². The predicted octanol–water partition coefficient (Wildman–Crippen LogP) is 4.34. The van der Waals surface area contributed by atoms with E-state index in [9.17, 15) is 5.11 Å². The number of nitrogens with zero attached hydrogens (tertiary/aromatic N) is 1. The van der Waals surface area contributed by atoms with E-state index in [0.717, 1.165) is 27.9 Å². The highest BCUT2D eigenvalue weighted by Crippen LogP contribution is 2.32. The third-order valence-corrected chi connectivity index (χ3v) is 6.14. The van der Waals surface area contributed by atoms with Crippen molar-refractivity contribution in [1.82, 2.24) is 4.57 Å². The summed E-state index contributed by atoms with van der Waals surface area (Å²) in [6.07, 6.45) is 0. The van der Waals surface area contributed by atoms with Crippen molar-refractivity contribution in [2.45, 2.75) is 38.9 Å². The third kappa shape index (κ3) is 3.60. The molecule has 3 aromatic carbocycles. The molecule has 4 rings (SSSR count). The summed E-state index contributed by atoms with van der Waals surface area (Å²) in [6, 6.07) is 23.0. The van der Waals surface area contributed by atoms with E-state index in [1.807, 2.05) is 26.0 Å². The van der Waals surface area contributed by atoms with Gasteiger partial charge >= 0.3 is 7.48 Å². The van der Waals surface area contributed by atoms with Gasteiger partial charge < -0.3 is 19.1 Å². The molecule has 30 heavy (non-hydrogen) atoms. The molecule has 0 aliphatic rings. The fourth-order valence-electron chi connectivity index (χ4n) is 3.56. The number of benzene rings is 3. The number of hydrogen-bond acceptors (Lipinski definition) is 3. The Bertz CT molecular complexity index is 1190. The van der Waals surface area contributed by atoms with Gasteiger partial charge in [-0.25, -0.2) is 0 Å². The minimum Gasteiger partial charge on any atom is -0.497 e. The summed E-state index contributed by atoms with van der Waals surface area (Å²) in [7, 11) is 2.12. The molecule has 0 fully saturated rings. The Morgan fingerprint density at radius 3 is 2.17 bits per heavy atom. The number of para-hydroxylation sites is 1. The van der Waals surface area contributed by atoms with E-state index >= 15 is 0 Å². The van der Waals surface area contributed by atoms with E-state index in [0.29, 0.717) is 7.48 Å². The van der Waals surface area contributed by atoms with Crippen LogP contribution in [0.3, 0.4) is 0 Å². The molecule has 154 valence electrons. The molecule has 0 radical (unpaired) electrons. The summed E-state index contributed by atoms with van der Waals surface area (Å²) in [5, 5.41) is 12.8. The first kappa shape index (κ1) is 20.5. The molecule has 0 amide bonds. The second-order valence-electron chi connectivity index (χ2n) is 8.76. The van der Waals surface area contributed by atoms with Crippen molar-refractivity contribution < 1.29 is 14.5 Å². The van der Waals surface area contributed by atoms with Gasteiger partial charge in [0.25, 0.3) is 0 Å². The zero-order valence-corrected chi connectivity index (χ0v) is 18.3. The van der Waals surface area contributed by atoms with Crippen molar-refractivity contribution >= 4 is 34.8 Å². The van der Waals surface area contributed by atoms with Crippen LogP contribution in [0, 0.1) is 0 Å². The molecular weight excluding hydrogens is 373 g/mol. The number of rotatable bonds is 6. The van der Waals surface area contributed by atoms with Crippen molar-refractivity contribution in [3.63, 3.8) is 0 Å². The first-order chi connectivity index (χ1) is 14.2. The lowest BCUT2D eigenvalue weighted by atomic mass is 9.82. The van der Waals surface area contributed by atoms with Crippen LogP contribution in [0.25, 0.3) is 27.5 Å². The van der Waals surface area contributed by atoms with Crippen LogP contribution in [0.4, 0.5) is 0 Å². The van der Waals surface area contributed by atoms with Gasteiger partial charge in [-0.15, -0.1) is 0 Å². The SMILES string of the molecule is COc1ccc(-n2c3ccccc3c3cc(BOC(C)(C)C(C)(C)O)ccc32)cc1. The summed E-state index contributed by atoms with van der Waals surface area (Å²) < 4.78 is 13.7. The Hall–Kier alpha value is -2.76.